The van der Waals surface area contributed by atoms with Crippen LogP contribution in [0.1, 0.15) is 25.3 Å². The van der Waals surface area contributed by atoms with Gasteiger partial charge in [-0.25, -0.2) is 0 Å². The number of rotatable bonds is 4. The molecular weight excluding hydrogens is 232 g/mol. The molecule has 1 aromatic rings. The number of ether oxygens (including phenoxy) is 2. The Morgan fingerprint density at radius 1 is 1.56 bits per heavy atom. The van der Waals surface area contributed by atoms with E-state index in [0.717, 1.165) is 31.1 Å². The maximum atomic E-state index is 5.97. The van der Waals surface area contributed by atoms with E-state index in [-0.39, 0.29) is 11.7 Å². The highest BCUT2D eigenvalue weighted by Gasteiger charge is 2.33. The first-order valence-electron chi connectivity index (χ1n) is 6.30. The lowest BCUT2D eigenvalue weighted by molar-refractivity contribution is -0.155. The van der Waals surface area contributed by atoms with Crippen molar-refractivity contribution < 1.29 is 14.0 Å². The van der Waals surface area contributed by atoms with Crippen LogP contribution in [0.15, 0.2) is 10.6 Å². The van der Waals surface area contributed by atoms with Gasteiger partial charge in [-0.05, 0) is 20.8 Å². The van der Waals surface area contributed by atoms with Gasteiger partial charge in [-0.15, -0.1) is 0 Å². The second-order valence-corrected chi connectivity index (χ2v) is 5.56. The lowest BCUT2D eigenvalue weighted by Crippen LogP contribution is -2.53. The zero-order valence-electron chi connectivity index (χ0n) is 11.6. The van der Waals surface area contributed by atoms with Crippen LogP contribution in [0, 0.1) is 6.92 Å². The molecule has 0 saturated carbocycles. The molecule has 1 atom stereocenters. The molecule has 1 aromatic heterocycles. The number of nitrogens with zero attached hydrogens (tertiary/aromatic N) is 2. The Morgan fingerprint density at radius 3 is 2.94 bits per heavy atom. The Hall–Kier alpha value is -0.910. The molecule has 5 heteroatoms. The number of morpholine rings is 1. The molecule has 0 spiro atoms. The normalized spacial score (nSPS) is 24.3. The van der Waals surface area contributed by atoms with Crippen LogP contribution < -0.4 is 0 Å². The average molecular weight is 254 g/mol. The molecule has 1 fully saturated rings. The van der Waals surface area contributed by atoms with E-state index in [0.29, 0.717) is 6.61 Å². The predicted octanol–water partition coefficient (Wildman–Crippen LogP) is 1.61. The fourth-order valence-corrected chi connectivity index (χ4v) is 2.52. The summed E-state index contributed by atoms with van der Waals surface area (Å²) in [6.07, 6.45) is 0.114. The van der Waals surface area contributed by atoms with E-state index in [1.807, 2.05) is 13.0 Å². The van der Waals surface area contributed by atoms with E-state index in [4.69, 9.17) is 14.0 Å². The van der Waals surface area contributed by atoms with Gasteiger partial charge in [-0.3, -0.25) is 4.90 Å². The summed E-state index contributed by atoms with van der Waals surface area (Å²) < 4.78 is 16.4. The fourth-order valence-electron chi connectivity index (χ4n) is 2.52. The van der Waals surface area contributed by atoms with Crippen molar-refractivity contribution in [1.82, 2.24) is 10.1 Å². The van der Waals surface area contributed by atoms with Crippen LogP contribution >= 0.6 is 0 Å². The highest BCUT2D eigenvalue weighted by atomic mass is 16.5. The molecule has 18 heavy (non-hydrogen) atoms. The third-order valence-electron chi connectivity index (χ3n) is 2.96. The number of aromatic nitrogens is 1. The molecule has 102 valence electrons. The average Bonchev–Trinajstić information content (AvgIpc) is 2.61. The van der Waals surface area contributed by atoms with Gasteiger partial charge in [0.2, 0.25) is 0 Å². The highest BCUT2D eigenvalue weighted by molar-refractivity contribution is 5.03. The number of methoxy groups -OCH3 is 1. The minimum Gasteiger partial charge on any atom is -0.382 e. The second-order valence-electron chi connectivity index (χ2n) is 5.56. The van der Waals surface area contributed by atoms with E-state index in [1.165, 1.54) is 0 Å². The van der Waals surface area contributed by atoms with E-state index in [2.05, 4.69) is 23.9 Å². The van der Waals surface area contributed by atoms with Crippen LogP contribution in [0.4, 0.5) is 0 Å². The van der Waals surface area contributed by atoms with Crippen molar-refractivity contribution in [3.05, 3.63) is 17.5 Å². The van der Waals surface area contributed by atoms with Crippen LogP contribution in [0.3, 0.4) is 0 Å². The minimum atomic E-state index is -0.156. The van der Waals surface area contributed by atoms with E-state index < -0.39 is 0 Å². The molecule has 0 radical (unpaired) electrons. The Balaban J connectivity index is 1.98. The summed E-state index contributed by atoms with van der Waals surface area (Å²) in [5, 5.41) is 3.92. The van der Waals surface area contributed by atoms with Crippen LogP contribution in [0.25, 0.3) is 0 Å². The van der Waals surface area contributed by atoms with E-state index in [1.54, 1.807) is 7.11 Å². The number of aryl methyl sites for hydroxylation is 1. The minimum absolute atomic E-state index is 0.114. The Labute approximate surface area is 108 Å². The van der Waals surface area contributed by atoms with Gasteiger partial charge in [-0.2, -0.15) is 0 Å². The van der Waals surface area contributed by atoms with Crippen molar-refractivity contribution >= 4 is 0 Å². The summed E-state index contributed by atoms with van der Waals surface area (Å²) in [5.41, 5.74) is 0.766. The smallest absolute Gasteiger partial charge is 0.150 e. The third-order valence-corrected chi connectivity index (χ3v) is 2.96. The van der Waals surface area contributed by atoms with Crippen LogP contribution in [-0.2, 0) is 16.0 Å². The lowest BCUT2D eigenvalue weighted by atomic mass is 10.1. The van der Waals surface area contributed by atoms with Crippen LogP contribution in [0.2, 0.25) is 0 Å². The Kier molecular flexibility index (Phi) is 4.04. The van der Waals surface area contributed by atoms with Gasteiger partial charge in [0.1, 0.15) is 0 Å². The van der Waals surface area contributed by atoms with E-state index in [9.17, 15) is 0 Å². The molecule has 1 aliphatic rings. The first-order valence-corrected chi connectivity index (χ1v) is 6.30. The first kappa shape index (κ1) is 13.5. The van der Waals surface area contributed by atoms with Crippen LogP contribution in [0.5, 0.6) is 0 Å². The fraction of sp³-hybridized carbons (Fsp3) is 0.769. The number of hydrogen-bond donors (Lipinski definition) is 0. The molecule has 2 rings (SSSR count). The molecule has 5 nitrogen and oxygen atoms in total. The summed E-state index contributed by atoms with van der Waals surface area (Å²) in [4.78, 5) is 2.33. The summed E-state index contributed by atoms with van der Waals surface area (Å²) in [6.45, 7) is 9.28. The standard InChI is InChI=1S/C13H22N2O3/c1-10-5-11(18-14-10)6-15-7-12(8-16-4)17-13(2,3)9-15/h5,12H,6-9H2,1-4H3/t12-/m1/s1. The van der Waals surface area contributed by atoms with Gasteiger partial charge in [0.15, 0.2) is 5.76 Å². The van der Waals surface area contributed by atoms with E-state index >= 15 is 0 Å². The summed E-state index contributed by atoms with van der Waals surface area (Å²) in [7, 11) is 1.70. The van der Waals surface area contributed by atoms with Gasteiger partial charge in [0, 0.05) is 26.3 Å². The number of hydrogen-bond acceptors (Lipinski definition) is 5. The zero-order chi connectivity index (χ0) is 13.2. The SMILES string of the molecule is COC[C@H]1CN(Cc2cc(C)no2)CC(C)(C)O1. The monoisotopic (exact) mass is 254 g/mol. The Bertz CT molecular complexity index is 389. The molecule has 1 saturated heterocycles. The van der Waals surface area contributed by atoms with Gasteiger partial charge in [-0.1, -0.05) is 5.16 Å². The molecule has 0 N–H and O–H groups in total. The highest BCUT2D eigenvalue weighted by Crippen LogP contribution is 2.22. The molecule has 2 heterocycles. The first-order chi connectivity index (χ1) is 8.48. The quantitative estimate of drug-likeness (QED) is 0.817. The zero-order valence-corrected chi connectivity index (χ0v) is 11.6. The molecule has 0 aliphatic carbocycles. The molecule has 0 amide bonds. The van der Waals surface area contributed by atoms with Gasteiger partial charge < -0.3 is 14.0 Å². The van der Waals surface area contributed by atoms with Crippen LogP contribution in [-0.4, -0.2) is 48.6 Å². The Morgan fingerprint density at radius 2 is 2.33 bits per heavy atom. The largest absolute Gasteiger partial charge is 0.382 e. The summed E-state index contributed by atoms with van der Waals surface area (Å²) in [6, 6.07) is 1.98. The molecule has 0 unspecified atom stereocenters. The topological polar surface area (TPSA) is 47.7 Å². The predicted molar refractivity (Wildman–Crippen MR) is 67.3 cm³/mol. The van der Waals surface area contributed by atoms with Gasteiger partial charge in [0.25, 0.3) is 0 Å². The van der Waals surface area contributed by atoms with Crippen molar-refractivity contribution in [3.63, 3.8) is 0 Å². The third kappa shape index (κ3) is 3.54. The molecular formula is C13H22N2O3. The molecule has 0 aromatic carbocycles. The maximum absolute atomic E-state index is 5.97. The summed E-state index contributed by atoms with van der Waals surface area (Å²) in [5.74, 6) is 0.904. The van der Waals surface area contributed by atoms with Crippen molar-refractivity contribution in [2.45, 2.75) is 39.0 Å². The van der Waals surface area contributed by atoms with Gasteiger partial charge >= 0.3 is 0 Å². The second kappa shape index (κ2) is 5.38. The molecule has 0 bridgehead atoms. The van der Waals surface area contributed by atoms with Crippen molar-refractivity contribution in [2.24, 2.45) is 0 Å². The van der Waals surface area contributed by atoms with Crippen molar-refractivity contribution in [1.29, 1.82) is 0 Å². The molecule has 1 aliphatic heterocycles. The van der Waals surface area contributed by atoms with Crippen molar-refractivity contribution in [3.8, 4) is 0 Å². The summed E-state index contributed by atoms with van der Waals surface area (Å²) >= 11 is 0. The van der Waals surface area contributed by atoms with Gasteiger partial charge in [0.05, 0.1) is 30.6 Å². The maximum Gasteiger partial charge on any atom is 0.150 e. The lowest BCUT2D eigenvalue weighted by Gasteiger charge is -2.42. The van der Waals surface area contributed by atoms with Crippen molar-refractivity contribution in [2.75, 3.05) is 26.8 Å².